The molecule has 3 aliphatic heterocycles. The fraction of sp³-hybridized carbons (Fsp3) is 0.759. The van der Waals surface area contributed by atoms with Crippen LogP contribution in [0.15, 0.2) is 47.6 Å². The molecule has 15 atom stereocenters. The van der Waals surface area contributed by atoms with E-state index in [9.17, 15) is 34.2 Å². The number of fused-ring (bicyclic) bond motifs is 3. The smallest absolute Gasteiger partial charge is 0.329 e. The van der Waals surface area contributed by atoms with E-state index in [-0.39, 0.29) is 60.9 Å². The topological polar surface area (TPSA) is 184 Å². The highest BCUT2D eigenvalue weighted by Gasteiger charge is 2.53. The third kappa shape index (κ3) is 15.3. The second kappa shape index (κ2) is 27.3. The molecule has 0 radical (unpaired) electrons. The van der Waals surface area contributed by atoms with Gasteiger partial charge in [0.25, 0.3) is 11.7 Å². The molecule has 1 amide bonds. The first-order valence-electron chi connectivity index (χ1n) is 25.4. The number of aliphatic hydroxyl groups excluding tert-OH is 1. The Morgan fingerprint density at radius 1 is 0.853 bits per heavy atom. The standard InChI is InChI=1S/C54H85NO13/c1-12-26-66-44-24-22-40(30-47(44)64-10)29-36(5)46-32-43(56)35(4)28-38(7)49(58)50(65-11)48(57)37(6)27-33(2)18-14-13-15-19-34(3)45(63-9)31-41-23-21-39(8)54(62,68-41)51(59)52(60)55-25-17-16-20-42(55)53(61)67-46/h13-15,18-19,28,33,35-37,39-42,44-47,49-50,58,62H,12,16-17,20-27,29-32H2,1-11H3/b15-13+,18-14+,34-19+,38-28+/t33-,35-,36-,37-,39-,40+,41+,42+,44-,45+,46+,47-,49-,50+,54-/m1/s1. The maximum absolute atomic E-state index is 14.5. The van der Waals surface area contributed by atoms with Crippen LogP contribution in [-0.2, 0) is 52.4 Å². The molecule has 0 unspecified atom stereocenters. The monoisotopic (exact) mass is 956 g/mol. The van der Waals surface area contributed by atoms with Crippen LogP contribution in [0.5, 0.6) is 0 Å². The Morgan fingerprint density at radius 2 is 1.59 bits per heavy atom. The lowest BCUT2D eigenvalue weighted by Crippen LogP contribution is -2.61. The molecule has 1 saturated carbocycles. The summed E-state index contributed by atoms with van der Waals surface area (Å²) in [6.07, 6.45) is 13.7. The van der Waals surface area contributed by atoms with Gasteiger partial charge in [0, 0.05) is 65.1 Å². The second-order valence-corrected chi connectivity index (χ2v) is 20.4. The third-order valence-electron chi connectivity index (χ3n) is 15.0. The first-order valence-corrected chi connectivity index (χ1v) is 25.4. The van der Waals surface area contributed by atoms with Crippen molar-refractivity contribution in [3.8, 4) is 0 Å². The summed E-state index contributed by atoms with van der Waals surface area (Å²) >= 11 is 0. The van der Waals surface area contributed by atoms with Crippen molar-refractivity contribution < 1.29 is 62.6 Å². The highest BCUT2D eigenvalue weighted by molar-refractivity contribution is 6.39. The number of carbonyl (C=O) groups is 5. The van der Waals surface area contributed by atoms with Gasteiger partial charge in [0.05, 0.1) is 24.4 Å². The van der Waals surface area contributed by atoms with Crippen LogP contribution in [0.1, 0.15) is 139 Å². The van der Waals surface area contributed by atoms with Crippen molar-refractivity contribution in [2.24, 2.45) is 35.5 Å². The largest absolute Gasteiger partial charge is 0.460 e. The Morgan fingerprint density at radius 3 is 2.26 bits per heavy atom. The molecular weight excluding hydrogens is 871 g/mol. The minimum absolute atomic E-state index is 0.0147. The van der Waals surface area contributed by atoms with E-state index in [1.165, 1.54) is 12.0 Å². The van der Waals surface area contributed by atoms with Crippen LogP contribution in [0.25, 0.3) is 0 Å². The van der Waals surface area contributed by atoms with Crippen LogP contribution < -0.4 is 0 Å². The first-order chi connectivity index (χ1) is 32.3. The summed E-state index contributed by atoms with van der Waals surface area (Å²) in [6.45, 7) is 15.6. The molecule has 4 aliphatic rings. The van der Waals surface area contributed by atoms with Gasteiger partial charge in [-0.05, 0) is 113 Å². The van der Waals surface area contributed by atoms with Crippen molar-refractivity contribution in [3.63, 3.8) is 0 Å². The minimum Gasteiger partial charge on any atom is -0.460 e. The van der Waals surface area contributed by atoms with Crippen LogP contribution in [0.3, 0.4) is 0 Å². The number of nitrogens with zero attached hydrogens (tertiary/aromatic N) is 1. The van der Waals surface area contributed by atoms with Gasteiger partial charge in [-0.3, -0.25) is 19.2 Å². The minimum atomic E-state index is -2.42. The molecule has 0 aromatic heterocycles. The highest BCUT2D eigenvalue weighted by Crippen LogP contribution is 2.38. The molecule has 4 rings (SSSR count). The zero-order valence-corrected chi connectivity index (χ0v) is 43.0. The van der Waals surface area contributed by atoms with E-state index >= 15 is 0 Å². The van der Waals surface area contributed by atoms with E-state index in [1.807, 2.05) is 58.1 Å². The lowest BCUT2D eigenvalue weighted by atomic mass is 9.78. The Bertz CT molecular complexity index is 1810. The van der Waals surface area contributed by atoms with Crippen molar-refractivity contribution >= 4 is 29.2 Å². The van der Waals surface area contributed by atoms with Crippen molar-refractivity contribution in [2.75, 3.05) is 34.5 Å². The molecule has 3 fully saturated rings. The molecule has 384 valence electrons. The molecule has 0 aromatic carbocycles. The fourth-order valence-corrected chi connectivity index (χ4v) is 10.6. The Kier molecular flexibility index (Phi) is 23.0. The number of methoxy groups -OCH3 is 3. The highest BCUT2D eigenvalue weighted by atomic mass is 16.6. The summed E-state index contributed by atoms with van der Waals surface area (Å²) in [5, 5.41) is 23.5. The number of carbonyl (C=O) groups excluding carboxylic acids is 5. The molecule has 2 N–H and O–H groups in total. The molecule has 2 bridgehead atoms. The SMILES string of the molecule is CCCO[C@@H]1CC[C@@H](C[C@@H](C)[C@@H]2CC(=O)[C@H](C)/C=C(\C)[C@@H](O)[C@@H](OC)C(=O)[C@H](C)C[C@H](C)/C=C/C=C/C=C(\C)[C@@H](OC)C[C@@H]3CC[C@@H](C)[C@@](O)(O3)C(=O)C(=O)N3CCCC[C@H]3C(=O)O2)C[C@H]1OC. The van der Waals surface area contributed by atoms with Crippen LogP contribution in [0.4, 0.5) is 0 Å². The summed E-state index contributed by atoms with van der Waals surface area (Å²) in [4.78, 5) is 72.2. The van der Waals surface area contributed by atoms with Crippen molar-refractivity contribution in [1.29, 1.82) is 0 Å². The number of rotatable bonds is 9. The van der Waals surface area contributed by atoms with Gasteiger partial charge in [0.1, 0.15) is 30.1 Å². The van der Waals surface area contributed by atoms with Gasteiger partial charge >= 0.3 is 5.97 Å². The average Bonchev–Trinajstić information content (AvgIpc) is 3.32. The maximum Gasteiger partial charge on any atom is 0.329 e. The number of ether oxygens (including phenoxy) is 6. The predicted octanol–water partition coefficient (Wildman–Crippen LogP) is 7.61. The molecule has 1 aliphatic carbocycles. The maximum atomic E-state index is 14.5. The molecule has 2 saturated heterocycles. The summed E-state index contributed by atoms with van der Waals surface area (Å²) in [7, 11) is 4.66. The van der Waals surface area contributed by atoms with Gasteiger partial charge in [-0.15, -0.1) is 0 Å². The number of hydrogen-bond donors (Lipinski definition) is 2. The van der Waals surface area contributed by atoms with E-state index in [1.54, 1.807) is 41.1 Å². The van der Waals surface area contributed by atoms with E-state index in [0.29, 0.717) is 57.1 Å². The molecule has 0 aromatic rings. The van der Waals surface area contributed by atoms with Gasteiger partial charge in [-0.1, -0.05) is 78.0 Å². The Labute approximate surface area is 406 Å². The van der Waals surface area contributed by atoms with Crippen LogP contribution in [-0.4, -0.2) is 133 Å². The molecule has 14 nitrogen and oxygen atoms in total. The summed E-state index contributed by atoms with van der Waals surface area (Å²) in [5.74, 6) is -7.71. The number of amides is 1. The van der Waals surface area contributed by atoms with Crippen molar-refractivity contribution in [3.05, 3.63) is 47.6 Å². The first kappa shape index (κ1) is 57.2. The van der Waals surface area contributed by atoms with Gasteiger partial charge in [-0.25, -0.2) is 4.79 Å². The Balaban J connectivity index is 1.70. The summed E-state index contributed by atoms with van der Waals surface area (Å²) < 4.78 is 35.9. The van der Waals surface area contributed by atoms with E-state index in [2.05, 4.69) is 6.92 Å². The Hall–Kier alpha value is -3.37. The van der Waals surface area contributed by atoms with Crippen LogP contribution in [0, 0.1) is 35.5 Å². The zero-order chi connectivity index (χ0) is 50.3. The number of esters is 1. The number of allylic oxidation sites excluding steroid dienone is 6. The van der Waals surface area contributed by atoms with E-state index in [0.717, 1.165) is 31.3 Å². The fourth-order valence-electron chi connectivity index (χ4n) is 10.6. The molecular formula is C54H85NO13. The van der Waals surface area contributed by atoms with Crippen molar-refractivity contribution in [1.82, 2.24) is 4.90 Å². The number of aliphatic hydroxyl groups is 2. The van der Waals surface area contributed by atoms with Gasteiger partial charge < -0.3 is 43.5 Å². The lowest BCUT2D eigenvalue weighted by molar-refractivity contribution is -0.265. The van der Waals surface area contributed by atoms with E-state index in [4.69, 9.17) is 28.4 Å². The normalized spacial score (nSPS) is 39.2. The number of ketones is 3. The van der Waals surface area contributed by atoms with E-state index < -0.39 is 77.8 Å². The molecule has 3 heterocycles. The van der Waals surface area contributed by atoms with Gasteiger partial charge in [-0.2, -0.15) is 0 Å². The summed E-state index contributed by atoms with van der Waals surface area (Å²) in [6, 6.07) is -1.12. The van der Waals surface area contributed by atoms with Gasteiger partial charge in [0.2, 0.25) is 5.79 Å². The number of piperidine rings is 1. The quantitative estimate of drug-likeness (QED) is 0.131. The third-order valence-corrected chi connectivity index (χ3v) is 15.0. The number of Topliss-reactive ketones (excluding diaryl/α,β-unsaturated/α-hetero) is 3. The van der Waals surface area contributed by atoms with Crippen LogP contribution in [0.2, 0.25) is 0 Å². The molecule has 14 heteroatoms. The lowest BCUT2D eigenvalue weighted by Gasteiger charge is -2.42. The van der Waals surface area contributed by atoms with Crippen LogP contribution >= 0.6 is 0 Å². The number of cyclic esters (lactones) is 1. The number of hydrogen-bond acceptors (Lipinski definition) is 13. The van der Waals surface area contributed by atoms with Gasteiger partial charge in [0.15, 0.2) is 5.78 Å². The predicted molar refractivity (Wildman–Crippen MR) is 259 cm³/mol. The summed E-state index contributed by atoms with van der Waals surface area (Å²) in [5.41, 5.74) is 1.29. The molecule has 0 spiro atoms. The average molecular weight is 956 g/mol. The van der Waals surface area contributed by atoms with Crippen molar-refractivity contribution in [2.45, 2.75) is 193 Å². The zero-order valence-electron chi connectivity index (χ0n) is 43.0. The second-order valence-electron chi connectivity index (χ2n) is 20.4. The molecule has 68 heavy (non-hydrogen) atoms.